The third kappa shape index (κ3) is 5.11. The van der Waals surface area contributed by atoms with Crippen LogP contribution >= 0.6 is 23.2 Å². The SMILES string of the molecule is C[C@@H](Nc1ncnc2c1ncn2[C@@H]1O[C@H](CO)[C@@H](O)[C@H]1NC(=O)c1cc(Cl)cc(Cl)c1)c1ccccc1. The number of benzene rings is 2. The Kier molecular flexibility index (Phi) is 7.27. The molecule has 3 heterocycles. The van der Waals surface area contributed by atoms with Gasteiger partial charge in [0.2, 0.25) is 0 Å². The summed E-state index contributed by atoms with van der Waals surface area (Å²) in [6.45, 7) is 1.56. The Labute approximate surface area is 222 Å². The molecular weight excluding hydrogens is 519 g/mol. The lowest BCUT2D eigenvalue weighted by Crippen LogP contribution is -2.46. The minimum atomic E-state index is -1.21. The highest BCUT2D eigenvalue weighted by Gasteiger charge is 2.46. The van der Waals surface area contributed by atoms with E-state index in [0.717, 1.165) is 5.56 Å². The van der Waals surface area contributed by atoms with Crippen molar-refractivity contribution < 1.29 is 19.7 Å². The first kappa shape index (κ1) is 25.4. The largest absolute Gasteiger partial charge is 0.394 e. The number of carbonyl (C=O) groups excluding carboxylic acids is 1. The standard InChI is InChI=1S/C25H24Cl2N6O4/c1-13(14-5-3-2-4-6-14)31-22-20-23(29-11-28-22)33(12-30-20)25-19(21(35)18(10-34)37-25)32-24(36)15-7-16(26)9-17(27)8-15/h2-9,11-13,18-19,21,25,34-35H,10H2,1H3,(H,32,36)(H,28,29,31)/t13-,18-,19-,21-,25-/m1/s1. The minimum absolute atomic E-state index is 0.0515. The molecule has 4 N–H and O–H groups in total. The molecule has 2 aromatic carbocycles. The maximum Gasteiger partial charge on any atom is 0.251 e. The van der Waals surface area contributed by atoms with Crippen LogP contribution in [0, 0.1) is 0 Å². The van der Waals surface area contributed by atoms with Crippen LogP contribution in [0.2, 0.25) is 10.0 Å². The number of nitrogens with one attached hydrogen (secondary N) is 2. The molecule has 0 bridgehead atoms. The Bertz CT molecular complexity index is 1400. The number of carbonyl (C=O) groups is 1. The van der Waals surface area contributed by atoms with E-state index in [1.807, 2.05) is 37.3 Å². The smallest absolute Gasteiger partial charge is 0.251 e. The monoisotopic (exact) mass is 542 g/mol. The second-order valence-corrected chi connectivity index (χ2v) is 9.59. The molecule has 12 heteroatoms. The van der Waals surface area contributed by atoms with Crippen LogP contribution in [0.5, 0.6) is 0 Å². The van der Waals surface area contributed by atoms with Gasteiger partial charge in [0.15, 0.2) is 23.2 Å². The van der Waals surface area contributed by atoms with Gasteiger partial charge in [-0.05, 0) is 30.7 Å². The van der Waals surface area contributed by atoms with E-state index in [0.29, 0.717) is 27.0 Å². The third-order valence-electron chi connectivity index (χ3n) is 6.26. The Morgan fingerprint density at radius 2 is 1.86 bits per heavy atom. The number of aliphatic hydroxyl groups excluding tert-OH is 2. The van der Waals surface area contributed by atoms with Crippen molar-refractivity contribution in [2.24, 2.45) is 0 Å². The Morgan fingerprint density at radius 1 is 1.14 bits per heavy atom. The van der Waals surface area contributed by atoms with Gasteiger partial charge in [0.25, 0.3) is 5.91 Å². The number of ether oxygens (including phenoxy) is 1. The van der Waals surface area contributed by atoms with Gasteiger partial charge in [0.1, 0.15) is 24.6 Å². The molecule has 4 aromatic rings. The number of aromatic nitrogens is 4. The maximum atomic E-state index is 13.0. The van der Waals surface area contributed by atoms with Crippen molar-refractivity contribution in [2.75, 3.05) is 11.9 Å². The van der Waals surface area contributed by atoms with Crippen molar-refractivity contribution in [3.8, 4) is 0 Å². The molecule has 5 atom stereocenters. The van der Waals surface area contributed by atoms with Crippen LogP contribution in [0.1, 0.15) is 35.1 Å². The van der Waals surface area contributed by atoms with Crippen LogP contribution in [-0.2, 0) is 4.74 Å². The molecule has 2 aromatic heterocycles. The molecule has 1 saturated heterocycles. The first-order chi connectivity index (χ1) is 17.9. The third-order valence-corrected chi connectivity index (χ3v) is 6.69. The zero-order valence-corrected chi connectivity index (χ0v) is 21.1. The van der Waals surface area contributed by atoms with Crippen molar-refractivity contribution in [1.82, 2.24) is 24.8 Å². The second kappa shape index (κ2) is 10.6. The zero-order chi connectivity index (χ0) is 26.1. The van der Waals surface area contributed by atoms with Crippen LogP contribution < -0.4 is 10.6 Å². The van der Waals surface area contributed by atoms with Gasteiger partial charge >= 0.3 is 0 Å². The normalized spacial score (nSPS) is 22.2. The van der Waals surface area contributed by atoms with Crippen LogP contribution in [0.15, 0.2) is 61.2 Å². The highest BCUT2D eigenvalue weighted by Crippen LogP contribution is 2.33. The summed E-state index contributed by atoms with van der Waals surface area (Å²) >= 11 is 12.1. The summed E-state index contributed by atoms with van der Waals surface area (Å²) in [5.41, 5.74) is 2.21. The molecule has 1 aliphatic heterocycles. The maximum absolute atomic E-state index is 13.0. The Morgan fingerprint density at radius 3 is 2.57 bits per heavy atom. The van der Waals surface area contributed by atoms with E-state index < -0.39 is 37.0 Å². The molecule has 5 rings (SSSR count). The molecule has 10 nitrogen and oxygen atoms in total. The highest BCUT2D eigenvalue weighted by molar-refractivity contribution is 6.35. The fraction of sp³-hybridized carbons (Fsp3) is 0.280. The zero-order valence-electron chi connectivity index (χ0n) is 19.6. The van der Waals surface area contributed by atoms with E-state index in [-0.39, 0.29) is 11.6 Å². The van der Waals surface area contributed by atoms with Gasteiger partial charge in [0, 0.05) is 15.6 Å². The molecular formula is C25H24Cl2N6O4. The van der Waals surface area contributed by atoms with Crippen LogP contribution in [-0.4, -0.2) is 60.5 Å². The lowest BCUT2D eigenvalue weighted by Gasteiger charge is -2.23. The number of rotatable bonds is 7. The summed E-state index contributed by atoms with van der Waals surface area (Å²) in [6.07, 6.45) is -0.150. The predicted molar refractivity (Wildman–Crippen MR) is 139 cm³/mol. The molecule has 192 valence electrons. The Balaban J connectivity index is 1.45. The molecule has 1 fully saturated rings. The topological polar surface area (TPSA) is 134 Å². The number of halogens is 2. The number of fused-ring (bicyclic) bond motifs is 1. The molecule has 1 amide bonds. The van der Waals surface area contributed by atoms with E-state index in [4.69, 9.17) is 27.9 Å². The van der Waals surface area contributed by atoms with Crippen molar-refractivity contribution >= 4 is 46.1 Å². The summed E-state index contributed by atoms with van der Waals surface area (Å²) in [4.78, 5) is 26.2. The number of hydrogen-bond acceptors (Lipinski definition) is 8. The van der Waals surface area contributed by atoms with E-state index in [1.54, 1.807) is 4.57 Å². The van der Waals surface area contributed by atoms with Crippen LogP contribution in [0.4, 0.5) is 5.82 Å². The van der Waals surface area contributed by atoms with Gasteiger partial charge in [-0.2, -0.15) is 0 Å². The van der Waals surface area contributed by atoms with Crippen molar-refractivity contribution in [3.63, 3.8) is 0 Å². The van der Waals surface area contributed by atoms with E-state index in [1.165, 1.54) is 30.9 Å². The summed E-state index contributed by atoms with van der Waals surface area (Å²) in [7, 11) is 0. The first-order valence-electron chi connectivity index (χ1n) is 11.6. The molecule has 0 aliphatic carbocycles. The fourth-order valence-corrected chi connectivity index (χ4v) is 4.91. The van der Waals surface area contributed by atoms with Crippen molar-refractivity contribution in [3.05, 3.63) is 82.4 Å². The number of hydrogen-bond donors (Lipinski definition) is 4. The lowest BCUT2D eigenvalue weighted by atomic mass is 10.1. The molecule has 0 saturated carbocycles. The summed E-state index contributed by atoms with van der Waals surface area (Å²) < 4.78 is 7.54. The van der Waals surface area contributed by atoms with Gasteiger partial charge in [-0.3, -0.25) is 9.36 Å². The lowest BCUT2D eigenvalue weighted by molar-refractivity contribution is -0.0440. The summed E-state index contributed by atoms with van der Waals surface area (Å²) in [5, 5.41) is 27.4. The summed E-state index contributed by atoms with van der Waals surface area (Å²) in [6, 6.07) is 13.4. The van der Waals surface area contributed by atoms with Gasteiger partial charge in [0.05, 0.1) is 19.0 Å². The average Bonchev–Trinajstić information content (AvgIpc) is 3.45. The van der Waals surface area contributed by atoms with Crippen molar-refractivity contribution in [1.29, 1.82) is 0 Å². The molecule has 1 aliphatic rings. The molecule has 0 unspecified atom stereocenters. The molecule has 37 heavy (non-hydrogen) atoms. The van der Waals surface area contributed by atoms with Gasteiger partial charge in [-0.1, -0.05) is 53.5 Å². The molecule has 0 spiro atoms. The van der Waals surface area contributed by atoms with E-state index in [9.17, 15) is 15.0 Å². The first-order valence-corrected chi connectivity index (χ1v) is 12.3. The number of amides is 1. The van der Waals surface area contributed by atoms with E-state index >= 15 is 0 Å². The fourth-order valence-electron chi connectivity index (χ4n) is 4.38. The quantitative estimate of drug-likeness (QED) is 0.279. The minimum Gasteiger partial charge on any atom is -0.394 e. The van der Waals surface area contributed by atoms with E-state index in [2.05, 4.69) is 25.6 Å². The predicted octanol–water partition coefficient (Wildman–Crippen LogP) is 3.36. The van der Waals surface area contributed by atoms with Crippen LogP contribution in [0.25, 0.3) is 11.2 Å². The van der Waals surface area contributed by atoms with Gasteiger partial charge < -0.3 is 25.6 Å². The highest BCUT2D eigenvalue weighted by atomic mass is 35.5. The number of anilines is 1. The Hall–Kier alpha value is -3.28. The molecule has 0 radical (unpaired) electrons. The number of imidazole rings is 1. The summed E-state index contributed by atoms with van der Waals surface area (Å²) in [5.74, 6) is 0.00485. The number of aliphatic hydroxyl groups is 2. The van der Waals surface area contributed by atoms with Gasteiger partial charge in [-0.25, -0.2) is 15.0 Å². The second-order valence-electron chi connectivity index (χ2n) is 8.72. The average molecular weight is 543 g/mol. The van der Waals surface area contributed by atoms with Crippen LogP contribution in [0.3, 0.4) is 0 Å². The van der Waals surface area contributed by atoms with Gasteiger partial charge in [-0.15, -0.1) is 0 Å². The van der Waals surface area contributed by atoms with Crippen molar-refractivity contribution in [2.45, 2.75) is 37.4 Å². The number of nitrogens with zero attached hydrogens (tertiary/aromatic N) is 4.